The van der Waals surface area contributed by atoms with Gasteiger partial charge in [0, 0.05) is 12.1 Å². The summed E-state index contributed by atoms with van der Waals surface area (Å²) in [7, 11) is 0. The number of fused-ring (bicyclic) bond motifs is 1. The largest absolute Gasteiger partial charge is 0.394 e. The summed E-state index contributed by atoms with van der Waals surface area (Å²) < 4.78 is 6.94. The Morgan fingerprint density at radius 3 is 2.43 bits per heavy atom. The van der Waals surface area contributed by atoms with Crippen LogP contribution in [0.4, 0.5) is 5.82 Å². The third kappa shape index (κ3) is 3.20. The minimum absolute atomic E-state index is 0.0422. The number of nitrogens with two attached hydrogens (primary N) is 1. The second kappa shape index (κ2) is 7.59. The molecule has 0 radical (unpaired) electrons. The standard InChI is InChI=1S/C17H26N6O5/c1-7(2)22(8(3)4)16(27)15-21-10-13(18)19-6-20-14(10)23(15)17-12(26)11(25)9(5-24)28-17/h6-9,11-12,17,24-26H,5H2,1-4H3,(H2,18,19,20)/t9-,11-,12-,17-/m1/s1. The lowest BCUT2D eigenvalue weighted by atomic mass is 10.1. The fourth-order valence-electron chi connectivity index (χ4n) is 3.59. The number of hydrogen-bond donors (Lipinski definition) is 4. The topological polar surface area (TPSA) is 160 Å². The molecule has 1 fully saturated rings. The summed E-state index contributed by atoms with van der Waals surface area (Å²) in [6.07, 6.45) is -3.70. The van der Waals surface area contributed by atoms with Crippen LogP contribution >= 0.6 is 0 Å². The van der Waals surface area contributed by atoms with Gasteiger partial charge in [-0.3, -0.25) is 9.36 Å². The van der Waals surface area contributed by atoms with E-state index in [0.717, 1.165) is 0 Å². The van der Waals surface area contributed by atoms with E-state index in [9.17, 15) is 20.1 Å². The molecule has 154 valence electrons. The van der Waals surface area contributed by atoms with Crippen molar-refractivity contribution in [2.24, 2.45) is 0 Å². The first-order chi connectivity index (χ1) is 13.2. The number of aliphatic hydroxyl groups is 3. The van der Waals surface area contributed by atoms with Crippen LogP contribution < -0.4 is 5.73 Å². The Labute approximate surface area is 161 Å². The van der Waals surface area contributed by atoms with Crippen molar-refractivity contribution in [3.63, 3.8) is 0 Å². The van der Waals surface area contributed by atoms with Crippen LogP contribution in [0.25, 0.3) is 11.2 Å². The highest BCUT2D eigenvalue weighted by Gasteiger charge is 2.46. The van der Waals surface area contributed by atoms with Gasteiger partial charge in [0.2, 0.25) is 5.82 Å². The van der Waals surface area contributed by atoms with E-state index in [1.165, 1.54) is 10.9 Å². The van der Waals surface area contributed by atoms with Gasteiger partial charge in [-0.05, 0) is 27.7 Å². The maximum Gasteiger partial charge on any atom is 0.290 e. The quantitative estimate of drug-likeness (QED) is 0.513. The summed E-state index contributed by atoms with van der Waals surface area (Å²) >= 11 is 0. The van der Waals surface area contributed by atoms with Gasteiger partial charge < -0.3 is 30.7 Å². The van der Waals surface area contributed by atoms with Gasteiger partial charge in [-0.15, -0.1) is 0 Å². The average Bonchev–Trinajstić information content (AvgIpc) is 3.14. The molecule has 2 aromatic rings. The number of nitrogens with zero attached hydrogens (tertiary/aromatic N) is 5. The highest BCUT2D eigenvalue weighted by molar-refractivity contribution is 5.96. The minimum Gasteiger partial charge on any atom is -0.394 e. The number of nitrogen functional groups attached to an aromatic ring is 1. The van der Waals surface area contributed by atoms with Crippen LogP contribution in [-0.4, -0.2) is 82.6 Å². The molecule has 3 heterocycles. The summed E-state index contributed by atoms with van der Waals surface area (Å²) in [5.41, 5.74) is 6.29. The number of imidazole rings is 1. The number of aromatic nitrogens is 4. The van der Waals surface area contributed by atoms with Crippen molar-refractivity contribution < 1.29 is 24.9 Å². The van der Waals surface area contributed by atoms with Gasteiger partial charge in [0.25, 0.3) is 5.91 Å². The Morgan fingerprint density at radius 1 is 1.25 bits per heavy atom. The molecule has 2 aromatic heterocycles. The zero-order chi connectivity index (χ0) is 20.7. The molecule has 11 heteroatoms. The number of rotatable bonds is 5. The van der Waals surface area contributed by atoms with Crippen molar-refractivity contribution in [2.75, 3.05) is 12.3 Å². The predicted molar refractivity (Wildman–Crippen MR) is 99.2 cm³/mol. The molecule has 28 heavy (non-hydrogen) atoms. The van der Waals surface area contributed by atoms with E-state index in [1.54, 1.807) is 4.90 Å². The van der Waals surface area contributed by atoms with Gasteiger partial charge in [-0.2, -0.15) is 0 Å². The zero-order valence-electron chi connectivity index (χ0n) is 16.2. The molecule has 0 aliphatic carbocycles. The predicted octanol–water partition coefficient (Wildman–Crippen LogP) is -0.721. The molecule has 0 aromatic carbocycles. The molecule has 0 saturated carbocycles. The number of ether oxygens (including phenoxy) is 1. The molecule has 0 bridgehead atoms. The molecule has 0 spiro atoms. The Bertz CT molecular complexity index is 861. The minimum atomic E-state index is -1.40. The molecule has 1 aliphatic heterocycles. The number of aliphatic hydroxyl groups excluding tert-OH is 3. The molecular weight excluding hydrogens is 368 g/mol. The fourth-order valence-corrected chi connectivity index (χ4v) is 3.59. The maximum atomic E-state index is 13.3. The Morgan fingerprint density at radius 2 is 1.89 bits per heavy atom. The van der Waals surface area contributed by atoms with Gasteiger partial charge in [0.05, 0.1) is 6.61 Å². The van der Waals surface area contributed by atoms with Crippen LogP contribution in [0.2, 0.25) is 0 Å². The van der Waals surface area contributed by atoms with E-state index in [1.807, 2.05) is 27.7 Å². The van der Waals surface area contributed by atoms with Crippen molar-refractivity contribution in [3.05, 3.63) is 12.2 Å². The summed E-state index contributed by atoms with van der Waals surface area (Å²) in [4.78, 5) is 27.4. The molecule has 0 unspecified atom stereocenters. The van der Waals surface area contributed by atoms with Crippen molar-refractivity contribution >= 4 is 22.9 Å². The molecule has 1 amide bonds. The highest BCUT2D eigenvalue weighted by Crippen LogP contribution is 2.34. The van der Waals surface area contributed by atoms with Crippen LogP contribution in [0.1, 0.15) is 44.5 Å². The summed E-state index contributed by atoms with van der Waals surface area (Å²) in [5.74, 6) is -0.371. The lowest BCUT2D eigenvalue weighted by Crippen LogP contribution is -2.43. The van der Waals surface area contributed by atoms with Gasteiger partial charge in [0.1, 0.15) is 24.6 Å². The Kier molecular flexibility index (Phi) is 5.53. The molecule has 4 atom stereocenters. The lowest BCUT2D eigenvalue weighted by Gasteiger charge is -2.31. The molecular formula is C17H26N6O5. The highest BCUT2D eigenvalue weighted by atomic mass is 16.6. The van der Waals surface area contributed by atoms with Crippen molar-refractivity contribution in [3.8, 4) is 0 Å². The molecule has 3 rings (SSSR count). The van der Waals surface area contributed by atoms with Gasteiger partial charge in [0.15, 0.2) is 23.2 Å². The molecule has 1 saturated heterocycles. The van der Waals surface area contributed by atoms with Crippen molar-refractivity contribution in [1.29, 1.82) is 0 Å². The monoisotopic (exact) mass is 394 g/mol. The number of amides is 1. The second-order valence-corrected chi connectivity index (χ2v) is 7.37. The summed E-state index contributed by atoms with van der Waals surface area (Å²) in [6, 6.07) is -0.233. The Hall–Kier alpha value is -2.34. The number of carbonyl (C=O) groups is 1. The SMILES string of the molecule is CC(C)N(C(=O)c1nc2c(N)ncnc2n1[C@@H]1O[C@H](CO)[C@@H](O)[C@H]1O)C(C)C. The maximum absolute atomic E-state index is 13.3. The van der Waals surface area contributed by atoms with E-state index < -0.39 is 37.1 Å². The van der Waals surface area contributed by atoms with Crippen LogP contribution in [0.15, 0.2) is 6.33 Å². The second-order valence-electron chi connectivity index (χ2n) is 7.37. The van der Waals surface area contributed by atoms with Crippen LogP contribution in [-0.2, 0) is 4.74 Å². The summed E-state index contributed by atoms with van der Waals surface area (Å²) in [5, 5.41) is 30.0. The van der Waals surface area contributed by atoms with Gasteiger partial charge in [-0.1, -0.05) is 0 Å². The average molecular weight is 394 g/mol. The number of anilines is 1. The van der Waals surface area contributed by atoms with Gasteiger partial charge in [-0.25, -0.2) is 15.0 Å². The van der Waals surface area contributed by atoms with E-state index in [4.69, 9.17) is 10.5 Å². The first-order valence-electron chi connectivity index (χ1n) is 9.12. The first-order valence-corrected chi connectivity index (χ1v) is 9.12. The summed E-state index contributed by atoms with van der Waals surface area (Å²) in [6.45, 7) is 7.03. The third-order valence-electron chi connectivity index (χ3n) is 4.82. The van der Waals surface area contributed by atoms with E-state index in [0.29, 0.717) is 0 Å². The third-order valence-corrected chi connectivity index (χ3v) is 4.82. The van der Waals surface area contributed by atoms with E-state index in [-0.39, 0.29) is 34.9 Å². The number of carbonyl (C=O) groups excluding carboxylic acids is 1. The lowest BCUT2D eigenvalue weighted by molar-refractivity contribution is -0.0522. The fraction of sp³-hybridized carbons (Fsp3) is 0.647. The molecule has 5 N–H and O–H groups in total. The van der Waals surface area contributed by atoms with E-state index >= 15 is 0 Å². The van der Waals surface area contributed by atoms with Crippen LogP contribution in [0.5, 0.6) is 0 Å². The van der Waals surface area contributed by atoms with E-state index in [2.05, 4.69) is 15.0 Å². The smallest absolute Gasteiger partial charge is 0.290 e. The zero-order valence-corrected chi connectivity index (χ0v) is 16.2. The van der Waals surface area contributed by atoms with Gasteiger partial charge >= 0.3 is 0 Å². The first kappa shape index (κ1) is 20.4. The van der Waals surface area contributed by atoms with Crippen molar-refractivity contribution in [2.45, 2.75) is 64.3 Å². The Balaban J connectivity index is 2.20. The number of hydrogen-bond acceptors (Lipinski definition) is 9. The van der Waals surface area contributed by atoms with Crippen LogP contribution in [0, 0.1) is 0 Å². The van der Waals surface area contributed by atoms with Crippen molar-refractivity contribution in [1.82, 2.24) is 24.4 Å². The van der Waals surface area contributed by atoms with Crippen LogP contribution in [0.3, 0.4) is 0 Å². The normalized spacial score (nSPS) is 25.2. The molecule has 1 aliphatic rings. The molecule has 11 nitrogen and oxygen atoms in total.